The minimum Gasteiger partial charge on any atom is -0.375 e. The molecule has 0 heterocycles. The highest BCUT2D eigenvalue weighted by Gasteiger charge is 2.42. The van der Waals surface area contributed by atoms with Crippen molar-refractivity contribution in [2.75, 3.05) is 0 Å². The van der Waals surface area contributed by atoms with Crippen molar-refractivity contribution in [3.8, 4) is 11.1 Å². The number of hydrogen-bond donors (Lipinski definition) is 0. The quantitative estimate of drug-likeness (QED) is 0.219. The number of aryl methyl sites for hydroxylation is 2. The van der Waals surface area contributed by atoms with Crippen molar-refractivity contribution in [1.29, 1.82) is 0 Å². The number of carbonyl (C=O) groups excluding carboxylic acids is 1. The van der Waals surface area contributed by atoms with Gasteiger partial charge in [0, 0.05) is 6.42 Å². The molecule has 0 aromatic heterocycles. The smallest absolute Gasteiger partial charge is 0.134 e. The Hall–Kier alpha value is -1.93. The molecule has 2 saturated carbocycles. The van der Waals surface area contributed by atoms with E-state index in [4.69, 9.17) is 4.74 Å². The van der Waals surface area contributed by atoms with Crippen molar-refractivity contribution >= 4 is 5.78 Å². The molecule has 51 heavy (non-hydrogen) atoms. The van der Waals surface area contributed by atoms with Crippen molar-refractivity contribution in [2.24, 2.45) is 17.3 Å². The van der Waals surface area contributed by atoms with E-state index in [0.717, 1.165) is 11.8 Å². The Kier molecular flexibility index (Phi) is 33.1. The lowest BCUT2D eigenvalue weighted by Gasteiger charge is -2.48. The maximum Gasteiger partial charge on any atom is 0.134 e. The van der Waals surface area contributed by atoms with Gasteiger partial charge in [-0.05, 0) is 105 Å². The van der Waals surface area contributed by atoms with E-state index in [2.05, 4.69) is 91.8 Å². The van der Waals surface area contributed by atoms with Crippen LogP contribution in [0.4, 0.5) is 0 Å². The first kappa shape index (κ1) is 53.4. The summed E-state index contributed by atoms with van der Waals surface area (Å²) in [5.74, 6) is 2.41. The van der Waals surface area contributed by atoms with Crippen LogP contribution in [0.2, 0.25) is 0 Å². The zero-order valence-electron chi connectivity index (χ0n) is 37.9. The summed E-state index contributed by atoms with van der Waals surface area (Å²) in [6, 6.07) is 13.2. The maximum atomic E-state index is 11.6. The van der Waals surface area contributed by atoms with Crippen LogP contribution in [0.15, 0.2) is 36.4 Å². The molecular formula is C49H90O2. The van der Waals surface area contributed by atoms with Gasteiger partial charge in [0.2, 0.25) is 0 Å². The highest BCUT2D eigenvalue weighted by Crippen LogP contribution is 2.48. The summed E-state index contributed by atoms with van der Waals surface area (Å²) >= 11 is 0. The summed E-state index contributed by atoms with van der Waals surface area (Å²) in [6.07, 6.45) is 14.3. The molecule has 1 unspecified atom stereocenters. The summed E-state index contributed by atoms with van der Waals surface area (Å²) in [6.45, 7) is 40.2. The monoisotopic (exact) mass is 711 g/mol. The molecule has 0 bridgehead atoms. The van der Waals surface area contributed by atoms with Gasteiger partial charge in [-0.2, -0.15) is 0 Å². The van der Waals surface area contributed by atoms with Crippen LogP contribution in [0.5, 0.6) is 0 Å². The first-order valence-corrected chi connectivity index (χ1v) is 21.9. The average molecular weight is 711 g/mol. The van der Waals surface area contributed by atoms with Gasteiger partial charge >= 0.3 is 0 Å². The molecule has 3 atom stereocenters. The summed E-state index contributed by atoms with van der Waals surface area (Å²) in [5, 5.41) is 0. The number of carbonyl (C=O) groups is 1. The summed E-state index contributed by atoms with van der Waals surface area (Å²) in [5.41, 5.74) is 8.29. The first-order valence-electron chi connectivity index (χ1n) is 21.9. The third kappa shape index (κ3) is 19.6. The molecule has 0 radical (unpaired) electrons. The lowest BCUT2D eigenvalue weighted by Crippen LogP contribution is -2.44. The number of ether oxygens (including phenoxy) is 1. The third-order valence-corrected chi connectivity index (χ3v) is 9.61. The molecule has 2 heteroatoms. The molecular weight excluding hydrogens is 621 g/mol. The minimum atomic E-state index is 0.245. The first-order chi connectivity index (χ1) is 24.5. The van der Waals surface area contributed by atoms with Gasteiger partial charge in [-0.25, -0.2) is 0 Å². The van der Waals surface area contributed by atoms with Gasteiger partial charge in [0.15, 0.2) is 0 Å². The fourth-order valence-corrected chi connectivity index (χ4v) is 7.59. The van der Waals surface area contributed by atoms with Gasteiger partial charge < -0.3 is 4.74 Å². The molecule has 0 aliphatic heterocycles. The molecule has 0 spiro atoms. The van der Waals surface area contributed by atoms with E-state index in [-0.39, 0.29) is 5.78 Å². The number of ketones is 1. The van der Waals surface area contributed by atoms with Gasteiger partial charge in [0.1, 0.15) is 5.78 Å². The number of benzene rings is 2. The van der Waals surface area contributed by atoms with E-state index in [9.17, 15) is 4.79 Å². The predicted molar refractivity (Wildman–Crippen MR) is 234 cm³/mol. The predicted octanol–water partition coefficient (Wildman–Crippen LogP) is 16.3. The van der Waals surface area contributed by atoms with E-state index in [1.807, 2.05) is 69.2 Å². The number of rotatable bonds is 12. The zero-order chi connectivity index (χ0) is 40.2. The van der Waals surface area contributed by atoms with Crippen LogP contribution in [0, 0.1) is 31.1 Å². The van der Waals surface area contributed by atoms with Crippen LogP contribution < -0.4 is 0 Å². The van der Waals surface area contributed by atoms with Crippen LogP contribution in [0.3, 0.4) is 0 Å². The Morgan fingerprint density at radius 1 is 0.804 bits per heavy atom. The van der Waals surface area contributed by atoms with Crippen LogP contribution in [-0.4, -0.2) is 18.0 Å². The van der Waals surface area contributed by atoms with Crippen molar-refractivity contribution in [1.82, 2.24) is 0 Å². The van der Waals surface area contributed by atoms with Crippen LogP contribution in [0.1, 0.15) is 210 Å². The molecule has 0 N–H and O–H groups in total. The average Bonchev–Trinajstić information content (AvgIpc) is 3.97. The van der Waals surface area contributed by atoms with Crippen molar-refractivity contribution in [3.63, 3.8) is 0 Å². The third-order valence-electron chi connectivity index (χ3n) is 9.61. The summed E-state index contributed by atoms with van der Waals surface area (Å²) in [7, 11) is 0. The van der Waals surface area contributed by atoms with E-state index in [0.29, 0.717) is 30.0 Å². The molecule has 0 saturated heterocycles. The van der Waals surface area contributed by atoms with Gasteiger partial charge in [-0.15, -0.1) is 0 Å². The summed E-state index contributed by atoms with van der Waals surface area (Å²) < 4.78 is 6.64. The fraction of sp³-hybridized carbons (Fsp3) is 0.735. The Morgan fingerprint density at radius 3 is 1.75 bits per heavy atom. The Bertz CT molecular complexity index is 1080. The zero-order valence-corrected chi connectivity index (χ0v) is 37.9. The van der Waals surface area contributed by atoms with Gasteiger partial charge in [-0.1, -0.05) is 184 Å². The van der Waals surface area contributed by atoms with Crippen LogP contribution in [0.25, 0.3) is 11.1 Å². The second-order valence-electron chi connectivity index (χ2n) is 14.1. The molecule has 2 aromatic carbocycles. The molecule has 2 fully saturated rings. The molecule has 298 valence electrons. The van der Waals surface area contributed by atoms with Gasteiger partial charge in [0.25, 0.3) is 0 Å². The van der Waals surface area contributed by atoms with E-state index in [1.54, 1.807) is 6.92 Å². The van der Waals surface area contributed by atoms with Crippen LogP contribution in [-0.2, 0) is 16.0 Å². The van der Waals surface area contributed by atoms with Crippen molar-refractivity contribution in [2.45, 2.75) is 220 Å². The fourth-order valence-electron chi connectivity index (χ4n) is 7.59. The lowest BCUT2D eigenvalue weighted by molar-refractivity contribution is -0.116. The molecule has 2 nitrogen and oxygen atoms in total. The Labute approximate surface area is 321 Å². The molecule has 4 rings (SSSR count). The lowest BCUT2D eigenvalue weighted by atomic mass is 9.62. The van der Waals surface area contributed by atoms with E-state index >= 15 is 0 Å². The standard InChI is InChI=1S/C20H22O.C19H38O.5C2H6/c1-13-9-14(2)11-18(10-13)19-6-4-5-17(12-15(3)21)20(19)16-7-8-16;1-7-11-16(12-8-2)20-17-13-10-14-19(5,6)18(17)15(4)9-3;5*1-2/h4-6,9-11,16H,7-8,12H2,1-3H3;15-18H,7-14H2,1-6H3;5*1-2H3/t;15?,17-,18+;;;;;/m.0...../s1. The molecule has 0 amide bonds. The van der Waals surface area contributed by atoms with Crippen molar-refractivity contribution < 1.29 is 9.53 Å². The molecule has 2 aromatic rings. The highest BCUT2D eigenvalue weighted by molar-refractivity contribution is 5.80. The second-order valence-corrected chi connectivity index (χ2v) is 14.1. The molecule has 2 aliphatic rings. The van der Waals surface area contributed by atoms with E-state index < -0.39 is 0 Å². The highest BCUT2D eigenvalue weighted by atomic mass is 16.5. The van der Waals surface area contributed by atoms with E-state index in [1.165, 1.54) is 97.6 Å². The summed E-state index contributed by atoms with van der Waals surface area (Å²) in [4.78, 5) is 11.6. The molecule has 2 aliphatic carbocycles. The van der Waals surface area contributed by atoms with Crippen molar-refractivity contribution in [3.05, 3.63) is 58.7 Å². The minimum absolute atomic E-state index is 0.245. The van der Waals surface area contributed by atoms with Gasteiger partial charge in [-0.3, -0.25) is 4.79 Å². The maximum absolute atomic E-state index is 11.6. The SMILES string of the molecule is CC.CC.CC.CC.CC.CC(=O)Cc1cccc(-c2cc(C)cc(C)c2)c1C1CC1.CCCC(CCC)O[C@H]1CCCC(C)(C)[C@@H]1C(C)CC. The number of Topliss-reactive ketones (excluding diaryl/α,β-unsaturated/α-hetero) is 1. The second kappa shape index (κ2) is 31.6. The van der Waals surface area contributed by atoms with Gasteiger partial charge in [0.05, 0.1) is 12.2 Å². The topological polar surface area (TPSA) is 26.3 Å². The van der Waals surface area contributed by atoms with Crippen LogP contribution >= 0.6 is 0 Å². The Morgan fingerprint density at radius 2 is 1.31 bits per heavy atom. The normalized spacial score (nSPS) is 17.3. The number of hydrogen-bond acceptors (Lipinski definition) is 2. The largest absolute Gasteiger partial charge is 0.375 e. The Balaban J connectivity index is -0.000000727.